The van der Waals surface area contributed by atoms with Crippen LogP contribution in [-0.4, -0.2) is 43.4 Å². The molecule has 1 saturated heterocycles. The Kier molecular flexibility index (Phi) is 3.25. The summed E-state index contributed by atoms with van der Waals surface area (Å²) in [5.41, 5.74) is 5.56. The fourth-order valence-corrected chi connectivity index (χ4v) is 2.32. The second-order valence-corrected chi connectivity index (χ2v) is 4.64. The molecule has 0 saturated carbocycles. The Balaban J connectivity index is 1.92. The van der Waals surface area contributed by atoms with Crippen molar-refractivity contribution in [2.75, 3.05) is 12.3 Å². The van der Waals surface area contributed by atoms with E-state index < -0.39 is 24.0 Å². The number of nitrogen functional groups attached to an aromatic ring is 1. The fraction of sp³-hybridized carbons (Fsp3) is 0.417. The number of terminal acetylenes is 1. The predicted molar refractivity (Wildman–Crippen MR) is 71.9 cm³/mol. The van der Waals surface area contributed by atoms with E-state index in [0.29, 0.717) is 12.1 Å². The van der Waals surface area contributed by atoms with E-state index in [0.717, 1.165) is 0 Å². The number of nitrogens with zero attached hydrogens (tertiary/aromatic N) is 3. The third kappa shape index (κ3) is 2.31. The van der Waals surface area contributed by atoms with Crippen molar-refractivity contribution in [2.24, 2.45) is 0 Å². The number of hydrogen-bond acceptors (Lipinski definition) is 7. The van der Waals surface area contributed by atoms with Crippen molar-refractivity contribution in [2.45, 2.75) is 24.9 Å². The molecule has 9 heteroatoms. The molecule has 1 aliphatic rings. The number of nitrogens with one attached hydrogen (secondary N) is 1. The zero-order valence-electron chi connectivity index (χ0n) is 10.9. The van der Waals surface area contributed by atoms with E-state index in [-0.39, 0.29) is 18.1 Å². The Bertz CT molecular complexity index is 761. The van der Waals surface area contributed by atoms with Gasteiger partial charge in [-0.05, 0) is 0 Å². The molecule has 1 fully saturated rings. The Hall–Kier alpha value is -2.57. The zero-order valence-corrected chi connectivity index (χ0v) is 10.9. The number of H-pyrrole nitrogens is 1. The van der Waals surface area contributed by atoms with Gasteiger partial charge in [0.15, 0.2) is 11.2 Å². The molecule has 0 aromatic carbocycles. The van der Waals surface area contributed by atoms with Crippen LogP contribution in [-0.2, 0) is 9.47 Å². The molecule has 0 radical (unpaired) electrons. The Morgan fingerprint density at radius 1 is 1.71 bits per heavy atom. The topological polar surface area (TPSA) is 128 Å². The van der Waals surface area contributed by atoms with Crippen molar-refractivity contribution in [1.29, 1.82) is 0 Å². The Morgan fingerprint density at radius 3 is 3.29 bits per heavy atom. The molecule has 2 aromatic rings. The smallest absolute Gasteiger partial charge is 0.280 e. The molecule has 3 atom stereocenters. The molecular weight excluding hydrogens is 278 g/mol. The van der Waals surface area contributed by atoms with Gasteiger partial charge in [-0.15, -0.1) is 0 Å². The highest BCUT2D eigenvalue weighted by Gasteiger charge is 2.36. The SMILES string of the molecule is C#COC[C@H]1O[C@@H](n2cnc3c(=O)[nH]c(N)nc32)C[C@@H]1O. The van der Waals surface area contributed by atoms with Crippen LogP contribution in [0, 0.1) is 12.5 Å². The lowest BCUT2D eigenvalue weighted by Gasteiger charge is -2.14. The summed E-state index contributed by atoms with van der Waals surface area (Å²) in [6.07, 6.45) is 6.94. The maximum Gasteiger partial charge on any atom is 0.280 e. The molecule has 9 nitrogen and oxygen atoms in total. The number of aromatic amines is 1. The minimum absolute atomic E-state index is 0.0139. The van der Waals surface area contributed by atoms with Crippen LogP contribution in [0.3, 0.4) is 0 Å². The molecular formula is C12H13N5O4. The molecule has 21 heavy (non-hydrogen) atoms. The molecule has 3 heterocycles. The van der Waals surface area contributed by atoms with Gasteiger partial charge in [0.05, 0.1) is 12.4 Å². The molecule has 0 aliphatic carbocycles. The summed E-state index contributed by atoms with van der Waals surface area (Å²) in [7, 11) is 0. The van der Waals surface area contributed by atoms with Gasteiger partial charge in [0, 0.05) is 6.42 Å². The highest BCUT2D eigenvalue weighted by atomic mass is 16.6. The number of rotatable bonds is 3. The number of anilines is 1. The second-order valence-electron chi connectivity index (χ2n) is 4.64. The van der Waals surface area contributed by atoms with Crippen LogP contribution < -0.4 is 11.3 Å². The lowest BCUT2D eigenvalue weighted by molar-refractivity contribution is -0.0430. The third-order valence-electron chi connectivity index (χ3n) is 3.30. The fourth-order valence-electron chi connectivity index (χ4n) is 2.32. The van der Waals surface area contributed by atoms with Crippen LogP contribution in [0.1, 0.15) is 12.6 Å². The van der Waals surface area contributed by atoms with E-state index in [1.165, 1.54) is 6.33 Å². The summed E-state index contributed by atoms with van der Waals surface area (Å²) in [5.74, 6) is -0.0139. The molecule has 0 bridgehead atoms. The number of imidazole rings is 1. The van der Waals surface area contributed by atoms with E-state index in [4.69, 9.17) is 21.6 Å². The van der Waals surface area contributed by atoms with Crippen molar-refractivity contribution in [1.82, 2.24) is 19.5 Å². The van der Waals surface area contributed by atoms with Crippen molar-refractivity contribution < 1.29 is 14.6 Å². The minimum atomic E-state index is -0.736. The number of ether oxygens (including phenoxy) is 2. The first kappa shape index (κ1) is 13.4. The van der Waals surface area contributed by atoms with E-state index in [2.05, 4.69) is 15.0 Å². The van der Waals surface area contributed by atoms with Gasteiger partial charge in [0.1, 0.15) is 25.0 Å². The largest absolute Gasteiger partial charge is 0.444 e. The first-order valence-corrected chi connectivity index (χ1v) is 6.23. The number of aliphatic hydroxyl groups excluding tert-OH is 1. The first-order valence-electron chi connectivity index (χ1n) is 6.23. The van der Waals surface area contributed by atoms with Gasteiger partial charge >= 0.3 is 0 Å². The van der Waals surface area contributed by atoms with Crippen molar-refractivity contribution >= 4 is 17.1 Å². The lowest BCUT2D eigenvalue weighted by Crippen LogP contribution is -2.25. The van der Waals surface area contributed by atoms with E-state index in [1.54, 1.807) is 4.57 Å². The molecule has 2 aromatic heterocycles. The first-order chi connectivity index (χ1) is 10.1. The van der Waals surface area contributed by atoms with Crippen molar-refractivity contribution in [3.63, 3.8) is 0 Å². The predicted octanol–water partition coefficient (Wildman–Crippen LogP) is -1.04. The van der Waals surface area contributed by atoms with Crippen LogP contribution in [0.4, 0.5) is 5.95 Å². The number of fused-ring (bicyclic) bond motifs is 1. The molecule has 0 unspecified atom stereocenters. The van der Waals surface area contributed by atoms with Gasteiger partial charge in [-0.25, -0.2) is 4.98 Å². The number of nitrogens with two attached hydrogens (primary N) is 1. The lowest BCUT2D eigenvalue weighted by atomic mass is 10.2. The number of hydrogen-bond donors (Lipinski definition) is 3. The van der Waals surface area contributed by atoms with Crippen LogP contribution >= 0.6 is 0 Å². The summed E-state index contributed by atoms with van der Waals surface area (Å²) in [6, 6.07) is 0. The summed E-state index contributed by atoms with van der Waals surface area (Å²) < 4.78 is 12.0. The standard InChI is InChI=1S/C12H13N5O4/c1-2-20-4-7-6(18)3-8(21-7)17-5-14-9-10(17)15-12(13)16-11(9)19/h1,5-8,18H,3-4H2,(H3,13,15,16,19)/t6-,7+,8+/m0/s1. The quantitative estimate of drug-likeness (QED) is 0.616. The highest BCUT2D eigenvalue weighted by Crippen LogP contribution is 2.30. The summed E-state index contributed by atoms with van der Waals surface area (Å²) >= 11 is 0. The minimum Gasteiger partial charge on any atom is -0.444 e. The Morgan fingerprint density at radius 2 is 2.52 bits per heavy atom. The van der Waals surface area contributed by atoms with Gasteiger partial charge in [0.2, 0.25) is 5.95 Å². The van der Waals surface area contributed by atoms with E-state index >= 15 is 0 Å². The summed E-state index contributed by atoms with van der Waals surface area (Å²) in [5, 5.41) is 9.95. The highest BCUT2D eigenvalue weighted by molar-refractivity contribution is 5.70. The average Bonchev–Trinajstić information content (AvgIpc) is 3.00. The molecule has 4 N–H and O–H groups in total. The normalized spacial score (nSPS) is 25.0. The van der Waals surface area contributed by atoms with Gasteiger partial charge in [0.25, 0.3) is 5.56 Å². The van der Waals surface area contributed by atoms with Crippen LogP contribution in [0.5, 0.6) is 0 Å². The van der Waals surface area contributed by atoms with Crippen molar-refractivity contribution in [3.05, 3.63) is 16.7 Å². The second kappa shape index (κ2) is 5.08. The van der Waals surface area contributed by atoms with Gasteiger partial charge in [-0.3, -0.25) is 14.3 Å². The van der Waals surface area contributed by atoms with E-state index in [1.807, 2.05) is 6.11 Å². The van der Waals surface area contributed by atoms with Crippen molar-refractivity contribution in [3.8, 4) is 12.5 Å². The van der Waals surface area contributed by atoms with Crippen LogP contribution in [0.25, 0.3) is 11.2 Å². The molecule has 3 rings (SSSR count). The maximum absolute atomic E-state index is 11.7. The van der Waals surface area contributed by atoms with E-state index in [9.17, 15) is 9.90 Å². The average molecular weight is 291 g/mol. The zero-order chi connectivity index (χ0) is 15.0. The maximum atomic E-state index is 11.7. The summed E-state index contributed by atoms with van der Waals surface area (Å²) in [4.78, 5) is 22.1. The molecule has 0 amide bonds. The third-order valence-corrected chi connectivity index (χ3v) is 3.30. The number of aromatic nitrogens is 4. The molecule has 110 valence electrons. The van der Waals surface area contributed by atoms with Gasteiger partial charge in [-0.1, -0.05) is 6.42 Å². The Labute approximate surface area is 118 Å². The van der Waals surface area contributed by atoms with Gasteiger partial charge < -0.3 is 20.3 Å². The summed E-state index contributed by atoms with van der Waals surface area (Å²) in [6.45, 7) is 0.0803. The molecule has 1 aliphatic heterocycles. The van der Waals surface area contributed by atoms with Crippen LogP contribution in [0.2, 0.25) is 0 Å². The van der Waals surface area contributed by atoms with Gasteiger partial charge in [-0.2, -0.15) is 4.98 Å². The molecule has 0 spiro atoms. The van der Waals surface area contributed by atoms with Crippen LogP contribution in [0.15, 0.2) is 11.1 Å². The number of aliphatic hydroxyl groups is 1. The monoisotopic (exact) mass is 291 g/mol.